The zero-order valence-corrected chi connectivity index (χ0v) is 15.9. The van der Waals surface area contributed by atoms with Gasteiger partial charge in [-0.2, -0.15) is 0 Å². The lowest BCUT2D eigenvalue weighted by Gasteiger charge is -2.37. The number of methoxy groups -OCH3 is 1. The van der Waals surface area contributed by atoms with Gasteiger partial charge in [0.2, 0.25) is 0 Å². The van der Waals surface area contributed by atoms with Crippen LogP contribution in [0.3, 0.4) is 0 Å². The van der Waals surface area contributed by atoms with E-state index >= 15 is 0 Å². The number of rotatable bonds is 2. The van der Waals surface area contributed by atoms with E-state index in [0.29, 0.717) is 53.0 Å². The van der Waals surface area contributed by atoms with E-state index in [4.69, 9.17) is 19.3 Å². The highest BCUT2D eigenvalue weighted by Gasteiger charge is 2.47. The Morgan fingerprint density at radius 3 is 2.48 bits per heavy atom. The van der Waals surface area contributed by atoms with E-state index < -0.39 is 17.8 Å². The SMILES string of the molecule is COC(=O)c1cc(Br)c2c(c1C)O[C@@](C)(C1CCN(C(=O)O)CC1)O2. The van der Waals surface area contributed by atoms with Crippen LogP contribution < -0.4 is 9.47 Å². The molecule has 0 unspecified atom stereocenters. The Hall–Kier alpha value is -1.96. The summed E-state index contributed by atoms with van der Waals surface area (Å²) in [5.74, 6) is -0.197. The van der Waals surface area contributed by atoms with Gasteiger partial charge in [0.15, 0.2) is 11.5 Å². The highest BCUT2D eigenvalue weighted by Crippen LogP contribution is 2.51. The number of likely N-dealkylation sites (tertiary alicyclic amines) is 1. The number of benzene rings is 1. The summed E-state index contributed by atoms with van der Waals surface area (Å²) in [6, 6.07) is 1.67. The molecule has 1 saturated heterocycles. The van der Waals surface area contributed by atoms with Crippen LogP contribution in [0.15, 0.2) is 10.5 Å². The maximum Gasteiger partial charge on any atom is 0.407 e. The third-order valence-electron chi connectivity index (χ3n) is 4.96. The molecule has 2 aliphatic heterocycles. The first-order valence-corrected chi connectivity index (χ1v) is 8.83. The summed E-state index contributed by atoms with van der Waals surface area (Å²) in [7, 11) is 1.33. The quantitative estimate of drug-likeness (QED) is 0.747. The molecule has 1 amide bonds. The van der Waals surface area contributed by atoms with Gasteiger partial charge in [-0.05, 0) is 41.8 Å². The van der Waals surface area contributed by atoms with Crippen LogP contribution in [-0.2, 0) is 4.74 Å². The predicted molar refractivity (Wildman–Crippen MR) is 92.2 cm³/mol. The standard InChI is InChI=1S/C17H20BrNO6/c1-9-11(15(20)23-3)8-12(18)14-13(9)24-17(2,25-14)10-4-6-19(7-5-10)16(21)22/h8,10H,4-7H2,1-3H3,(H,21,22)/t17-/m1/s1. The lowest BCUT2D eigenvalue weighted by molar-refractivity contribution is -0.123. The Morgan fingerprint density at radius 1 is 1.32 bits per heavy atom. The lowest BCUT2D eigenvalue weighted by Crippen LogP contribution is -2.49. The first kappa shape index (κ1) is 17.8. The molecule has 0 aromatic heterocycles. The fourth-order valence-corrected chi connectivity index (χ4v) is 3.92. The smallest absolute Gasteiger partial charge is 0.407 e. The molecular weight excluding hydrogens is 394 g/mol. The topological polar surface area (TPSA) is 85.3 Å². The van der Waals surface area contributed by atoms with Crippen molar-refractivity contribution in [3.05, 3.63) is 21.7 Å². The number of esters is 1. The maximum atomic E-state index is 11.9. The third-order valence-corrected chi connectivity index (χ3v) is 5.55. The van der Waals surface area contributed by atoms with Crippen molar-refractivity contribution in [1.29, 1.82) is 0 Å². The van der Waals surface area contributed by atoms with Gasteiger partial charge in [0.05, 0.1) is 17.1 Å². The number of hydrogen-bond donors (Lipinski definition) is 1. The molecule has 7 nitrogen and oxygen atoms in total. The number of carbonyl (C=O) groups excluding carboxylic acids is 1. The van der Waals surface area contributed by atoms with Gasteiger partial charge in [-0.1, -0.05) is 0 Å². The summed E-state index contributed by atoms with van der Waals surface area (Å²) >= 11 is 3.44. The summed E-state index contributed by atoms with van der Waals surface area (Å²) in [6.45, 7) is 4.55. The second-order valence-corrected chi connectivity index (χ2v) is 7.30. The third kappa shape index (κ3) is 3.03. The van der Waals surface area contributed by atoms with Crippen LogP contribution in [0.25, 0.3) is 0 Å². The number of ether oxygens (including phenoxy) is 3. The molecule has 1 aromatic carbocycles. The van der Waals surface area contributed by atoms with Crippen molar-refractivity contribution in [2.24, 2.45) is 5.92 Å². The number of amides is 1. The van der Waals surface area contributed by atoms with E-state index in [0.717, 1.165) is 0 Å². The molecule has 1 aromatic rings. The van der Waals surface area contributed by atoms with Crippen molar-refractivity contribution in [2.45, 2.75) is 32.5 Å². The number of piperidine rings is 1. The summed E-state index contributed by atoms with van der Waals surface area (Å²) < 4.78 is 17.7. The molecule has 2 aliphatic rings. The molecule has 1 fully saturated rings. The van der Waals surface area contributed by atoms with Crippen LogP contribution in [0, 0.1) is 12.8 Å². The van der Waals surface area contributed by atoms with Gasteiger partial charge in [0, 0.05) is 31.5 Å². The summed E-state index contributed by atoms with van der Waals surface area (Å²) in [4.78, 5) is 24.4. The number of hydrogen-bond acceptors (Lipinski definition) is 5. The molecule has 0 saturated carbocycles. The molecule has 0 radical (unpaired) electrons. The average molecular weight is 414 g/mol. The highest BCUT2D eigenvalue weighted by atomic mass is 79.9. The molecule has 0 spiro atoms. The summed E-state index contributed by atoms with van der Waals surface area (Å²) in [6.07, 6.45) is 0.399. The van der Waals surface area contributed by atoms with E-state index in [-0.39, 0.29) is 5.92 Å². The van der Waals surface area contributed by atoms with Gasteiger partial charge < -0.3 is 24.2 Å². The van der Waals surface area contributed by atoms with Crippen molar-refractivity contribution >= 4 is 28.0 Å². The second kappa shape index (κ2) is 6.40. The number of carboxylic acid groups (broad SMARTS) is 1. The fraction of sp³-hybridized carbons (Fsp3) is 0.529. The molecule has 0 aliphatic carbocycles. The molecular formula is C17H20BrNO6. The van der Waals surface area contributed by atoms with Crippen molar-refractivity contribution < 1.29 is 28.9 Å². The van der Waals surface area contributed by atoms with Crippen LogP contribution in [0.5, 0.6) is 11.5 Å². The van der Waals surface area contributed by atoms with Crippen molar-refractivity contribution in [2.75, 3.05) is 20.2 Å². The summed E-state index contributed by atoms with van der Waals surface area (Å²) in [5, 5.41) is 9.09. The van der Waals surface area contributed by atoms with Gasteiger partial charge in [0.25, 0.3) is 5.79 Å². The lowest BCUT2D eigenvalue weighted by atomic mass is 9.89. The molecule has 3 rings (SSSR count). The van der Waals surface area contributed by atoms with Crippen LogP contribution in [-0.4, -0.2) is 48.1 Å². The normalized spacial score (nSPS) is 22.8. The maximum absolute atomic E-state index is 11.9. The van der Waals surface area contributed by atoms with Crippen LogP contribution in [0.1, 0.15) is 35.7 Å². The zero-order valence-electron chi connectivity index (χ0n) is 14.3. The predicted octanol–water partition coefficient (Wildman–Crippen LogP) is 3.42. The van der Waals surface area contributed by atoms with Crippen molar-refractivity contribution in [3.63, 3.8) is 0 Å². The molecule has 0 bridgehead atoms. The Bertz CT molecular complexity index is 728. The minimum atomic E-state index is -0.901. The van der Waals surface area contributed by atoms with E-state index in [1.165, 1.54) is 12.0 Å². The Kier molecular flexibility index (Phi) is 4.57. The van der Waals surface area contributed by atoms with Gasteiger partial charge in [0.1, 0.15) is 0 Å². The van der Waals surface area contributed by atoms with Crippen LogP contribution in [0.2, 0.25) is 0 Å². The van der Waals surface area contributed by atoms with Gasteiger partial charge in [-0.25, -0.2) is 9.59 Å². The molecule has 8 heteroatoms. The number of nitrogens with zero attached hydrogens (tertiary/aromatic N) is 1. The molecule has 1 N–H and O–H groups in total. The molecule has 2 heterocycles. The molecule has 1 atom stereocenters. The first-order valence-electron chi connectivity index (χ1n) is 8.04. The van der Waals surface area contributed by atoms with Crippen molar-refractivity contribution in [3.8, 4) is 11.5 Å². The van der Waals surface area contributed by atoms with Gasteiger partial charge >= 0.3 is 12.1 Å². The Balaban J connectivity index is 1.85. The number of halogens is 1. The molecule has 136 valence electrons. The monoisotopic (exact) mass is 413 g/mol. The number of fused-ring (bicyclic) bond motifs is 1. The Morgan fingerprint density at radius 2 is 1.92 bits per heavy atom. The van der Waals surface area contributed by atoms with Crippen LogP contribution in [0.4, 0.5) is 4.79 Å². The zero-order chi connectivity index (χ0) is 18.4. The average Bonchev–Trinajstić information content (AvgIpc) is 2.97. The van der Waals surface area contributed by atoms with E-state index in [9.17, 15) is 9.59 Å². The van der Waals surface area contributed by atoms with E-state index in [2.05, 4.69) is 15.9 Å². The first-order chi connectivity index (χ1) is 11.8. The molecule has 25 heavy (non-hydrogen) atoms. The highest BCUT2D eigenvalue weighted by molar-refractivity contribution is 9.10. The number of carbonyl (C=O) groups is 2. The Labute approximate surface area is 154 Å². The van der Waals surface area contributed by atoms with Crippen LogP contribution >= 0.6 is 15.9 Å². The van der Waals surface area contributed by atoms with Gasteiger partial charge in [-0.15, -0.1) is 0 Å². The van der Waals surface area contributed by atoms with E-state index in [1.54, 1.807) is 13.0 Å². The van der Waals surface area contributed by atoms with Gasteiger partial charge in [-0.3, -0.25) is 0 Å². The van der Waals surface area contributed by atoms with E-state index in [1.807, 2.05) is 6.92 Å². The second-order valence-electron chi connectivity index (χ2n) is 6.44. The minimum absolute atomic E-state index is 0.0448. The van der Waals surface area contributed by atoms with Crippen molar-refractivity contribution in [1.82, 2.24) is 4.90 Å². The minimum Gasteiger partial charge on any atom is -0.465 e. The summed E-state index contributed by atoms with van der Waals surface area (Å²) in [5.41, 5.74) is 1.08. The fourth-order valence-electron chi connectivity index (χ4n) is 3.43. The largest absolute Gasteiger partial charge is 0.465 e.